The Balaban J connectivity index is 1.31. The van der Waals surface area contributed by atoms with Crippen molar-refractivity contribution in [3.8, 4) is 28.2 Å². The topological polar surface area (TPSA) is 43.9 Å². The van der Waals surface area contributed by atoms with Crippen LogP contribution in [0.5, 0.6) is 0 Å². The molecule has 10 rings (SSSR count). The molecule has 46 heavy (non-hydrogen) atoms. The molecular formula is C42H25N3O. The average Bonchev–Trinajstić information content (AvgIpc) is 3.65. The predicted molar refractivity (Wildman–Crippen MR) is 190 cm³/mol. The Morgan fingerprint density at radius 1 is 0.413 bits per heavy atom. The number of furan rings is 1. The molecule has 214 valence electrons. The number of nitrogens with zero attached hydrogens (tertiary/aromatic N) is 3. The summed E-state index contributed by atoms with van der Waals surface area (Å²) in [6.45, 7) is 0. The van der Waals surface area contributed by atoms with Gasteiger partial charge >= 0.3 is 0 Å². The highest BCUT2D eigenvalue weighted by Crippen LogP contribution is 2.39. The second kappa shape index (κ2) is 9.62. The lowest BCUT2D eigenvalue weighted by Gasteiger charge is -2.14. The van der Waals surface area contributed by atoms with Gasteiger partial charge < -0.3 is 4.42 Å². The minimum Gasteiger partial charge on any atom is -0.456 e. The second-order valence-electron chi connectivity index (χ2n) is 11.8. The van der Waals surface area contributed by atoms with E-state index in [2.05, 4.69) is 132 Å². The van der Waals surface area contributed by atoms with E-state index in [9.17, 15) is 0 Å². The molecule has 0 N–H and O–H groups in total. The van der Waals surface area contributed by atoms with Crippen LogP contribution in [0.3, 0.4) is 0 Å². The van der Waals surface area contributed by atoms with Crippen molar-refractivity contribution in [3.63, 3.8) is 0 Å². The van der Waals surface area contributed by atoms with Gasteiger partial charge in [0.05, 0.1) is 22.1 Å². The summed E-state index contributed by atoms with van der Waals surface area (Å²) < 4.78 is 8.62. The highest BCUT2D eigenvalue weighted by atomic mass is 16.3. The lowest BCUT2D eigenvalue weighted by Crippen LogP contribution is -2.04. The Labute approximate surface area is 263 Å². The molecule has 3 heterocycles. The van der Waals surface area contributed by atoms with Crippen LogP contribution in [0.25, 0.3) is 93.8 Å². The van der Waals surface area contributed by atoms with Gasteiger partial charge in [-0.25, -0.2) is 9.97 Å². The van der Waals surface area contributed by atoms with E-state index in [1.807, 2.05) is 24.3 Å². The van der Waals surface area contributed by atoms with Gasteiger partial charge in [-0.05, 0) is 70.4 Å². The fourth-order valence-corrected chi connectivity index (χ4v) is 6.96. The van der Waals surface area contributed by atoms with Gasteiger partial charge in [0.15, 0.2) is 5.82 Å². The Morgan fingerprint density at radius 3 is 2.02 bits per heavy atom. The summed E-state index contributed by atoms with van der Waals surface area (Å²) >= 11 is 0. The summed E-state index contributed by atoms with van der Waals surface area (Å²) in [5.74, 6) is 0.787. The first kappa shape index (κ1) is 25.1. The average molecular weight is 588 g/mol. The number of rotatable bonds is 3. The molecular weight excluding hydrogens is 562 g/mol. The summed E-state index contributed by atoms with van der Waals surface area (Å²) in [6.07, 6.45) is 0. The largest absolute Gasteiger partial charge is 0.456 e. The van der Waals surface area contributed by atoms with Crippen LogP contribution in [0.15, 0.2) is 156 Å². The van der Waals surface area contributed by atoms with Gasteiger partial charge in [-0.1, -0.05) is 103 Å². The zero-order valence-electron chi connectivity index (χ0n) is 24.7. The number of fused-ring (bicyclic) bond motifs is 8. The maximum absolute atomic E-state index is 6.33. The number of hydrogen-bond acceptors (Lipinski definition) is 3. The van der Waals surface area contributed by atoms with Gasteiger partial charge in [0.2, 0.25) is 0 Å². The lowest BCUT2D eigenvalue weighted by atomic mass is 10.0. The van der Waals surface area contributed by atoms with Crippen molar-refractivity contribution in [1.29, 1.82) is 0 Å². The van der Waals surface area contributed by atoms with Crippen molar-refractivity contribution in [2.45, 2.75) is 0 Å². The molecule has 0 amide bonds. The fraction of sp³-hybridized carbons (Fsp3) is 0. The molecule has 0 aliphatic rings. The Hall–Kier alpha value is -6.26. The Bertz CT molecular complexity index is 2810. The fourth-order valence-electron chi connectivity index (χ4n) is 6.96. The van der Waals surface area contributed by atoms with E-state index >= 15 is 0 Å². The van der Waals surface area contributed by atoms with Gasteiger partial charge in [0, 0.05) is 27.1 Å². The van der Waals surface area contributed by atoms with Crippen LogP contribution in [0.1, 0.15) is 0 Å². The molecule has 0 saturated carbocycles. The molecule has 0 atom stereocenters. The molecule has 0 unspecified atom stereocenters. The Morgan fingerprint density at radius 2 is 1.13 bits per heavy atom. The van der Waals surface area contributed by atoms with Crippen LogP contribution in [0, 0.1) is 0 Å². The number of aromatic nitrogens is 3. The third-order valence-electron chi connectivity index (χ3n) is 9.16. The van der Waals surface area contributed by atoms with Crippen molar-refractivity contribution < 1.29 is 4.42 Å². The van der Waals surface area contributed by atoms with Gasteiger partial charge in [-0.3, -0.25) is 4.57 Å². The first-order chi connectivity index (χ1) is 22.8. The van der Waals surface area contributed by atoms with Crippen molar-refractivity contribution in [3.05, 3.63) is 152 Å². The van der Waals surface area contributed by atoms with E-state index in [0.717, 1.165) is 72.2 Å². The van der Waals surface area contributed by atoms with Crippen molar-refractivity contribution in [2.75, 3.05) is 0 Å². The van der Waals surface area contributed by atoms with E-state index in [1.165, 1.54) is 21.5 Å². The minimum absolute atomic E-state index is 0.787. The number of benzene rings is 7. The third-order valence-corrected chi connectivity index (χ3v) is 9.16. The van der Waals surface area contributed by atoms with Crippen LogP contribution in [0.4, 0.5) is 0 Å². The molecule has 0 bridgehead atoms. The zero-order chi connectivity index (χ0) is 30.2. The number of para-hydroxylation sites is 2. The van der Waals surface area contributed by atoms with Crippen LogP contribution in [-0.2, 0) is 0 Å². The summed E-state index contributed by atoms with van der Waals surface area (Å²) in [6, 6.07) is 53.1. The molecule has 0 saturated heterocycles. The summed E-state index contributed by atoms with van der Waals surface area (Å²) in [4.78, 5) is 10.8. The second-order valence-corrected chi connectivity index (χ2v) is 11.8. The van der Waals surface area contributed by atoms with Crippen LogP contribution in [0.2, 0.25) is 0 Å². The van der Waals surface area contributed by atoms with E-state index < -0.39 is 0 Å². The highest BCUT2D eigenvalue weighted by Gasteiger charge is 2.21. The maximum Gasteiger partial charge on any atom is 0.165 e. The van der Waals surface area contributed by atoms with Crippen molar-refractivity contribution >= 4 is 65.6 Å². The van der Waals surface area contributed by atoms with Gasteiger partial charge in [0.25, 0.3) is 0 Å². The molecule has 4 heteroatoms. The normalized spacial score (nSPS) is 11.9. The smallest absolute Gasteiger partial charge is 0.165 e. The summed E-state index contributed by atoms with van der Waals surface area (Å²) in [7, 11) is 0. The molecule has 4 nitrogen and oxygen atoms in total. The van der Waals surface area contributed by atoms with E-state index in [0.29, 0.717) is 0 Å². The summed E-state index contributed by atoms with van der Waals surface area (Å²) in [5.41, 5.74) is 9.60. The molecule has 0 aliphatic heterocycles. The molecule has 7 aromatic carbocycles. The molecule has 10 aromatic rings. The van der Waals surface area contributed by atoms with E-state index in [-0.39, 0.29) is 0 Å². The first-order valence-electron chi connectivity index (χ1n) is 15.5. The lowest BCUT2D eigenvalue weighted by molar-refractivity contribution is 0.669. The molecule has 3 aromatic heterocycles. The molecule has 0 aliphatic carbocycles. The van der Waals surface area contributed by atoms with Crippen LogP contribution < -0.4 is 0 Å². The number of hydrogen-bond donors (Lipinski definition) is 0. The standard InChI is InChI=1S/C42H25N3O/c1-2-10-26(11-3-1)29-19-21-35-36(23-29)44-42(41(43-35)30-18-20-33-32-15-7-9-17-39(32)46-40(33)25-30)45-37-16-8-6-14-31(37)34-22-27-12-4-5-13-28(27)24-38(34)45/h1-25H. The zero-order valence-corrected chi connectivity index (χ0v) is 24.7. The summed E-state index contributed by atoms with van der Waals surface area (Å²) in [5, 5.41) is 6.96. The van der Waals surface area contributed by atoms with E-state index in [1.54, 1.807) is 0 Å². The van der Waals surface area contributed by atoms with Crippen molar-refractivity contribution in [1.82, 2.24) is 14.5 Å². The van der Waals surface area contributed by atoms with Crippen LogP contribution >= 0.6 is 0 Å². The van der Waals surface area contributed by atoms with Crippen LogP contribution in [-0.4, -0.2) is 14.5 Å². The third kappa shape index (κ3) is 3.74. The monoisotopic (exact) mass is 587 g/mol. The van der Waals surface area contributed by atoms with Gasteiger partial charge in [0.1, 0.15) is 16.9 Å². The molecule has 0 spiro atoms. The molecule has 0 fully saturated rings. The van der Waals surface area contributed by atoms with Gasteiger partial charge in [-0.2, -0.15) is 0 Å². The quantitative estimate of drug-likeness (QED) is 0.207. The minimum atomic E-state index is 0.787. The predicted octanol–water partition coefficient (Wildman–Crippen LogP) is 11.1. The van der Waals surface area contributed by atoms with Crippen molar-refractivity contribution in [2.24, 2.45) is 0 Å². The maximum atomic E-state index is 6.33. The molecule has 0 radical (unpaired) electrons. The van der Waals surface area contributed by atoms with Gasteiger partial charge in [-0.15, -0.1) is 0 Å². The SMILES string of the molecule is c1ccc(-c2ccc3nc(-c4ccc5c(c4)oc4ccccc45)c(-n4c5ccccc5c5cc6ccccc6cc54)nc3c2)cc1. The first-order valence-corrected chi connectivity index (χ1v) is 15.5. The highest BCUT2D eigenvalue weighted by molar-refractivity contribution is 6.14. The van der Waals surface area contributed by atoms with E-state index in [4.69, 9.17) is 14.4 Å². The Kier molecular flexibility index (Phi) is 5.25.